The molecule has 1 saturated heterocycles. The maximum Gasteiger partial charge on any atom is 0.266 e. The van der Waals surface area contributed by atoms with Crippen molar-refractivity contribution in [1.29, 1.82) is 0 Å². The molecule has 0 unspecified atom stereocenters. The summed E-state index contributed by atoms with van der Waals surface area (Å²) < 4.78 is 0.199. The maximum absolute atomic E-state index is 12.2. The number of hydrogen-bond donors (Lipinski definition) is 0. The average molecular weight is 327 g/mol. The largest absolute Gasteiger partial charge is 0.548 e. The third-order valence-corrected chi connectivity index (χ3v) is 4.42. The van der Waals surface area contributed by atoms with Crippen LogP contribution in [0.15, 0.2) is 29.2 Å². The summed E-state index contributed by atoms with van der Waals surface area (Å²) in [6.07, 6.45) is 1.60. The second-order valence-corrected chi connectivity index (χ2v) is 6.15. The summed E-state index contributed by atoms with van der Waals surface area (Å²) in [5, 5.41) is 11.4. The smallest absolute Gasteiger partial charge is 0.266 e. The third-order valence-electron chi connectivity index (χ3n) is 2.74. The zero-order valence-electron chi connectivity index (χ0n) is 10.3. The molecule has 0 aliphatic carbocycles. The van der Waals surface area contributed by atoms with Crippen LogP contribution in [0.25, 0.3) is 6.08 Å². The summed E-state index contributed by atoms with van der Waals surface area (Å²) in [6.45, 7) is 1.36. The van der Waals surface area contributed by atoms with Crippen LogP contribution in [0.3, 0.4) is 0 Å². The Morgan fingerprint density at radius 1 is 1.50 bits per heavy atom. The number of thiocarbonyl (C=S) groups is 1. The van der Waals surface area contributed by atoms with Crippen LogP contribution < -0.4 is 5.11 Å². The molecule has 20 heavy (non-hydrogen) atoms. The van der Waals surface area contributed by atoms with E-state index in [1.165, 1.54) is 6.92 Å². The summed E-state index contributed by atoms with van der Waals surface area (Å²) in [6, 6.07) is 5.94. The van der Waals surface area contributed by atoms with Crippen molar-refractivity contribution < 1.29 is 14.7 Å². The van der Waals surface area contributed by atoms with Crippen molar-refractivity contribution in [3.05, 3.63) is 39.8 Å². The summed E-state index contributed by atoms with van der Waals surface area (Å²) >= 11 is 12.1. The maximum atomic E-state index is 12.2. The van der Waals surface area contributed by atoms with Crippen LogP contribution in [0.4, 0.5) is 0 Å². The number of amides is 1. The van der Waals surface area contributed by atoms with Crippen LogP contribution in [0.5, 0.6) is 0 Å². The molecule has 0 bridgehead atoms. The fourth-order valence-corrected chi connectivity index (χ4v) is 3.25. The minimum Gasteiger partial charge on any atom is -0.548 e. The number of carboxylic acids is 1. The Labute approximate surface area is 130 Å². The molecule has 2 rings (SSSR count). The van der Waals surface area contributed by atoms with E-state index >= 15 is 0 Å². The van der Waals surface area contributed by atoms with Crippen LogP contribution >= 0.6 is 35.6 Å². The first-order valence-corrected chi connectivity index (χ1v) is 7.24. The quantitative estimate of drug-likeness (QED) is 0.625. The predicted molar refractivity (Wildman–Crippen MR) is 80.9 cm³/mol. The topological polar surface area (TPSA) is 60.4 Å². The Bertz CT molecular complexity index is 630. The monoisotopic (exact) mass is 326 g/mol. The molecule has 0 saturated carbocycles. The third kappa shape index (κ3) is 2.87. The van der Waals surface area contributed by atoms with Gasteiger partial charge in [-0.3, -0.25) is 9.69 Å². The Morgan fingerprint density at radius 3 is 2.75 bits per heavy atom. The van der Waals surface area contributed by atoms with Crippen molar-refractivity contribution in [3.8, 4) is 0 Å². The van der Waals surface area contributed by atoms with Crippen LogP contribution in [0, 0.1) is 0 Å². The first-order chi connectivity index (χ1) is 9.41. The Hall–Kier alpha value is -1.37. The molecular formula is C13H9ClNO3S2-. The molecule has 1 aromatic carbocycles. The first kappa shape index (κ1) is 15.0. The number of rotatable bonds is 3. The van der Waals surface area contributed by atoms with Crippen LogP contribution in [0.2, 0.25) is 5.02 Å². The number of carboxylic acid groups (broad SMARTS) is 1. The number of aliphatic carboxylic acids is 1. The number of carbonyl (C=O) groups is 2. The molecule has 1 aliphatic rings. The molecule has 0 aromatic heterocycles. The van der Waals surface area contributed by atoms with Gasteiger partial charge in [0, 0.05) is 5.02 Å². The van der Waals surface area contributed by atoms with Crippen LogP contribution in [0.1, 0.15) is 12.5 Å². The minimum atomic E-state index is -1.35. The van der Waals surface area contributed by atoms with Gasteiger partial charge in [0.15, 0.2) is 0 Å². The lowest BCUT2D eigenvalue weighted by molar-refractivity contribution is -0.309. The van der Waals surface area contributed by atoms with E-state index in [1.807, 2.05) is 0 Å². The molecule has 0 radical (unpaired) electrons. The summed E-state index contributed by atoms with van der Waals surface area (Å²) in [5.41, 5.74) is 0.677. The highest BCUT2D eigenvalue weighted by atomic mass is 35.5. The molecular weight excluding hydrogens is 318 g/mol. The Balaban J connectivity index is 2.33. The van der Waals surface area contributed by atoms with Gasteiger partial charge in [0.1, 0.15) is 4.32 Å². The lowest BCUT2D eigenvalue weighted by Crippen LogP contribution is -2.48. The van der Waals surface area contributed by atoms with Gasteiger partial charge < -0.3 is 9.90 Å². The molecule has 0 spiro atoms. The van der Waals surface area contributed by atoms with Crippen molar-refractivity contribution >= 4 is 57.9 Å². The number of benzene rings is 1. The second-order valence-electron chi connectivity index (χ2n) is 4.07. The van der Waals surface area contributed by atoms with Crippen LogP contribution in [-0.2, 0) is 9.59 Å². The highest BCUT2D eigenvalue weighted by Crippen LogP contribution is 2.34. The van der Waals surface area contributed by atoms with E-state index in [-0.39, 0.29) is 4.32 Å². The van der Waals surface area contributed by atoms with E-state index in [0.717, 1.165) is 16.7 Å². The number of nitrogens with zero attached hydrogens (tertiary/aromatic N) is 1. The number of halogens is 1. The van der Waals surface area contributed by atoms with E-state index in [2.05, 4.69) is 0 Å². The molecule has 4 nitrogen and oxygen atoms in total. The van der Waals surface area contributed by atoms with Gasteiger partial charge in [-0.05, 0) is 24.6 Å². The van der Waals surface area contributed by atoms with Gasteiger partial charge >= 0.3 is 0 Å². The minimum absolute atomic E-state index is 0.199. The van der Waals surface area contributed by atoms with Crippen molar-refractivity contribution in [2.45, 2.75) is 13.0 Å². The normalized spacial score (nSPS) is 18.7. The summed E-state index contributed by atoms with van der Waals surface area (Å²) in [5.74, 6) is -1.79. The van der Waals surface area contributed by atoms with E-state index in [9.17, 15) is 14.7 Å². The van der Waals surface area contributed by atoms with Gasteiger partial charge in [-0.1, -0.05) is 53.8 Å². The van der Waals surface area contributed by atoms with E-state index in [0.29, 0.717) is 15.5 Å². The number of carbonyl (C=O) groups excluding carboxylic acids is 2. The molecule has 1 amide bonds. The van der Waals surface area contributed by atoms with E-state index < -0.39 is 17.9 Å². The molecule has 1 aliphatic heterocycles. The Morgan fingerprint density at radius 2 is 2.15 bits per heavy atom. The molecule has 1 heterocycles. The molecule has 1 atom stereocenters. The summed E-state index contributed by atoms with van der Waals surface area (Å²) in [7, 11) is 0. The lowest BCUT2D eigenvalue weighted by atomic mass is 10.2. The van der Waals surface area contributed by atoms with Crippen molar-refractivity contribution in [2.24, 2.45) is 0 Å². The fourth-order valence-electron chi connectivity index (χ4n) is 1.65. The van der Waals surface area contributed by atoms with Gasteiger partial charge in [-0.25, -0.2) is 0 Å². The first-order valence-electron chi connectivity index (χ1n) is 5.64. The van der Waals surface area contributed by atoms with E-state index in [4.69, 9.17) is 23.8 Å². The molecule has 1 aromatic rings. The standard InChI is InChI=1S/C13H10ClNO3S2/c1-7(12(17)18)15-11(16)10(20-13(15)19)6-8-4-2-3-5-9(8)14/h2-7H,1H3,(H,17,18)/p-1/b10-6+/t7-/m1/s1. The molecule has 104 valence electrons. The zero-order chi connectivity index (χ0) is 14.9. The Kier molecular flexibility index (Phi) is 4.47. The number of hydrogen-bond acceptors (Lipinski definition) is 5. The van der Waals surface area contributed by atoms with Gasteiger partial charge in [-0.2, -0.15) is 0 Å². The predicted octanol–water partition coefficient (Wildman–Crippen LogP) is 1.68. The van der Waals surface area contributed by atoms with Crippen molar-refractivity contribution in [1.82, 2.24) is 4.90 Å². The zero-order valence-corrected chi connectivity index (χ0v) is 12.7. The highest BCUT2D eigenvalue weighted by molar-refractivity contribution is 8.26. The van der Waals surface area contributed by atoms with Gasteiger partial charge in [0.2, 0.25) is 0 Å². The molecule has 7 heteroatoms. The fraction of sp³-hybridized carbons (Fsp3) is 0.154. The SMILES string of the molecule is C[C@H](C(=O)[O-])N1C(=O)/C(=C\c2ccccc2Cl)SC1=S. The molecule has 1 fully saturated rings. The van der Waals surface area contributed by atoms with Crippen molar-refractivity contribution in [2.75, 3.05) is 0 Å². The average Bonchev–Trinajstić information content (AvgIpc) is 2.66. The lowest BCUT2D eigenvalue weighted by Gasteiger charge is -2.23. The summed E-state index contributed by atoms with van der Waals surface area (Å²) in [4.78, 5) is 24.5. The number of thioether (sulfide) groups is 1. The van der Waals surface area contributed by atoms with Gasteiger partial charge in [0.05, 0.1) is 16.9 Å². The van der Waals surface area contributed by atoms with Crippen molar-refractivity contribution in [3.63, 3.8) is 0 Å². The van der Waals surface area contributed by atoms with E-state index in [1.54, 1.807) is 30.3 Å². The highest BCUT2D eigenvalue weighted by Gasteiger charge is 2.35. The van der Waals surface area contributed by atoms with Gasteiger partial charge in [0.25, 0.3) is 5.91 Å². The van der Waals surface area contributed by atoms with Gasteiger partial charge in [-0.15, -0.1) is 0 Å². The second kappa shape index (κ2) is 5.95. The molecule has 0 N–H and O–H groups in total. The van der Waals surface area contributed by atoms with Crippen LogP contribution in [-0.4, -0.2) is 27.1 Å².